The van der Waals surface area contributed by atoms with E-state index < -0.39 is 10.0 Å². The van der Waals surface area contributed by atoms with Crippen molar-refractivity contribution in [1.29, 1.82) is 0 Å². The van der Waals surface area contributed by atoms with Crippen LogP contribution in [0.4, 0.5) is 5.69 Å². The highest BCUT2D eigenvalue weighted by Crippen LogP contribution is 2.24. The van der Waals surface area contributed by atoms with E-state index in [1.807, 2.05) is 60.7 Å². The van der Waals surface area contributed by atoms with Crippen LogP contribution in [0.25, 0.3) is 10.8 Å². The van der Waals surface area contributed by atoms with Crippen LogP contribution >= 0.6 is 0 Å². The van der Waals surface area contributed by atoms with Gasteiger partial charge in [0, 0.05) is 24.3 Å². The average molecular weight is 380 g/mol. The van der Waals surface area contributed by atoms with E-state index in [0.717, 1.165) is 21.9 Å². The van der Waals surface area contributed by atoms with E-state index in [0.29, 0.717) is 30.8 Å². The Kier molecular flexibility index (Phi) is 4.45. The number of sulfonamides is 1. The fourth-order valence-corrected chi connectivity index (χ4v) is 4.22. The maximum absolute atomic E-state index is 12.6. The molecule has 1 aliphatic rings. The SMILES string of the molecule is CS(=O)(=O)N1CCc2ccc(NC(=O)c3ccc4ccccc4c3)cc2C1. The van der Waals surface area contributed by atoms with Crippen LogP contribution in [0.2, 0.25) is 0 Å². The molecule has 4 rings (SSSR count). The molecule has 0 aliphatic carbocycles. The van der Waals surface area contributed by atoms with Gasteiger partial charge in [0.25, 0.3) is 5.91 Å². The third kappa shape index (κ3) is 3.72. The maximum atomic E-state index is 12.6. The van der Waals surface area contributed by atoms with Crippen molar-refractivity contribution >= 4 is 32.4 Å². The van der Waals surface area contributed by atoms with Gasteiger partial charge in [0.2, 0.25) is 10.0 Å². The largest absolute Gasteiger partial charge is 0.322 e. The lowest BCUT2D eigenvalue weighted by Gasteiger charge is -2.27. The van der Waals surface area contributed by atoms with Crippen LogP contribution in [-0.4, -0.2) is 31.4 Å². The molecular formula is C21H20N2O3S. The number of nitrogens with zero attached hydrogens (tertiary/aromatic N) is 1. The number of benzene rings is 3. The van der Waals surface area contributed by atoms with Crippen molar-refractivity contribution in [3.8, 4) is 0 Å². The number of carbonyl (C=O) groups excluding carboxylic acids is 1. The zero-order valence-electron chi connectivity index (χ0n) is 15.0. The fraction of sp³-hybridized carbons (Fsp3) is 0.190. The Bertz CT molecular complexity index is 1140. The van der Waals surface area contributed by atoms with E-state index in [1.54, 1.807) is 0 Å². The van der Waals surface area contributed by atoms with Gasteiger partial charge in [0.1, 0.15) is 0 Å². The van der Waals surface area contributed by atoms with Gasteiger partial charge in [-0.2, -0.15) is 4.31 Å². The third-order valence-electron chi connectivity index (χ3n) is 4.92. The molecule has 1 N–H and O–H groups in total. The van der Waals surface area contributed by atoms with Crippen LogP contribution in [0.3, 0.4) is 0 Å². The van der Waals surface area contributed by atoms with Gasteiger partial charge in [-0.25, -0.2) is 8.42 Å². The highest BCUT2D eigenvalue weighted by molar-refractivity contribution is 7.88. The van der Waals surface area contributed by atoms with Crippen LogP contribution in [0.15, 0.2) is 60.7 Å². The number of rotatable bonds is 3. The molecule has 6 heteroatoms. The number of amides is 1. The molecule has 0 spiro atoms. The molecule has 5 nitrogen and oxygen atoms in total. The highest BCUT2D eigenvalue weighted by atomic mass is 32.2. The summed E-state index contributed by atoms with van der Waals surface area (Å²) < 4.78 is 25.1. The Morgan fingerprint density at radius 1 is 0.963 bits per heavy atom. The Labute approximate surface area is 158 Å². The number of hydrogen-bond acceptors (Lipinski definition) is 3. The summed E-state index contributed by atoms with van der Waals surface area (Å²) in [6.45, 7) is 0.836. The number of carbonyl (C=O) groups is 1. The third-order valence-corrected chi connectivity index (χ3v) is 6.17. The number of anilines is 1. The summed E-state index contributed by atoms with van der Waals surface area (Å²) in [5, 5.41) is 5.02. The lowest BCUT2D eigenvalue weighted by atomic mass is 10.0. The molecule has 3 aromatic carbocycles. The number of hydrogen-bond donors (Lipinski definition) is 1. The van der Waals surface area contributed by atoms with Crippen molar-refractivity contribution in [3.05, 3.63) is 77.4 Å². The molecule has 0 saturated heterocycles. The van der Waals surface area contributed by atoms with E-state index in [2.05, 4.69) is 5.32 Å². The zero-order valence-corrected chi connectivity index (χ0v) is 15.8. The predicted molar refractivity (Wildman–Crippen MR) is 107 cm³/mol. The van der Waals surface area contributed by atoms with Crippen LogP contribution in [0.1, 0.15) is 21.5 Å². The van der Waals surface area contributed by atoms with Crippen molar-refractivity contribution in [1.82, 2.24) is 4.31 Å². The standard InChI is InChI=1S/C21H20N2O3S/c1-27(25,26)23-11-10-16-8-9-20(13-19(16)14-23)22-21(24)18-7-6-15-4-2-3-5-17(15)12-18/h2-9,12-13H,10-11,14H2,1H3,(H,22,24). The summed E-state index contributed by atoms with van der Waals surface area (Å²) in [4.78, 5) is 12.6. The maximum Gasteiger partial charge on any atom is 0.255 e. The zero-order chi connectivity index (χ0) is 19.0. The lowest BCUT2D eigenvalue weighted by Crippen LogP contribution is -2.35. The van der Waals surface area contributed by atoms with E-state index in [-0.39, 0.29) is 5.91 Å². The Morgan fingerprint density at radius 3 is 2.52 bits per heavy atom. The molecule has 0 unspecified atom stereocenters. The van der Waals surface area contributed by atoms with Gasteiger partial charge in [-0.05, 0) is 52.6 Å². The Hall–Kier alpha value is -2.70. The first-order valence-corrected chi connectivity index (χ1v) is 10.6. The summed E-state index contributed by atoms with van der Waals surface area (Å²) >= 11 is 0. The van der Waals surface area contributed by atoms with Gasteiger partial charge in [0.05, 0.1) is 6.26 Å². The van der Waals surface area contributed by atoms with Crippen molar-refractivity contribution in [3.63, 3.8) is 0 Å². The summed E-state index contributed by atoms with van der Waals surface area (Å²) in [5.41, 5.74) is 3.31. The molecule has 27 heavy (non-hydrogen) atoms. The molecule has 1 amide bonds. The second-order valence-electron chi connectivity index (χ2n) is 6.85. The number of fused-ring (bicyclic) bond motifs is 2. The minimum Gasteiger partial charge on any atom is -0.322 e. The van der Waals surface area contributed by atoms with Gasteiger partial charge in [0.15, 0.2) is 0 Å². The minimum absolute atomic E-state index is 0.184. The van der Waals surface area contributed by atoms with E-state index in [1.165, 1.54) is 10.6 Å². The van der Waals surface area contributed by atoms with Gasteiger partial charge >= 0.3 is 0 Å². The van der Waals surface area contributed by atoms with Crippen LogP contribution in [0, 0.1) is 0 Å². The van der Waals surface area contributed by atoms with Crippen LogP contribution < -0.4 is 5.32 Å². The highest BCUT2D eigenvalue weighted by Gasteiger charge is 2.23. The smallest absolute Gasteiger partial charge is 0.255 e. The monoisotopic (exact) mass is 380 g/mol. The quantitative estimate of drug-likeness (QED) is 0.757. The second-order valence-corrected chi connectivity index (χ2v) is 8.83. The summed E-state index contributed by atoms with van der Waals surface area (Å²) in [5.74, 6) is -0.184. The lowest BCUT2D eigenvalue weighted by molar-refractivity contribution is 0.102. The molecule has 0 aromatic heterocycles. The molecular weight excluding hydrogens is 360 g/mol. The van der Waals surface area contributed by atoms with Crippen molar-refractivity contribution in [2.24, 2.45) is 0 Å². The molecule has 1 aliphatic heterocycles. The van der Waals surface area contributed by atoms with Crippen LogP contribution in [0.5, 0.6) is 0 Å². The first-order valence-electron chi connectivity index (χ1n) is 8.77. The first-order chi connectivity index (χ1) is 12.9. The molecule has 1 heterocycles. The molecule has 138 valence electrons. The van der Waals surface area contributed by atoms with Gasteiger partial charge < -0.3 is 5.32 Å². The van der Waals surface area contributed by atoms with E-state index >= 15 is 0 Å². The number of nitrogens with one attached hydrogen (secondary N) is 1. The topological polar surface area (TPSA) is 66.5 Å². The summed E-state index contributed by atoms with van der Waals surface area (Å²) in [7, 11) is -3.22. The summed E-state index contributed by atoms with van der Waals surface area (Å²) in [6.07, 6.45) is 1.91. The van der Waals surface area contributed by atoms with Crippen molar-refractivity contribution < 1.29 is 13.2 Å². The predicted octanol–water partition coefficient (Wildman–Crippen LogP) is 3.41. The van der Waals surface area contributed by atoms with Gasteiger partial charge in [-0.1, -0.05) is 36.4 Å². The molecule has 0 saturated carbocycles. The van der Waals surface area contributed by atoms with Crippen molar-refractivity contribution in [2.45, 2.75) is 13.0 Å². The minimum atomic E-state index is -3.22. The van der Waals surface area contributed by atoms with Crippen molar-refractivity contribution in [2.75, 3.05) is 18.1 Å². The van der Waals surface area contributed by atoms with E-state index in [9.17, 15) is 13.2 Å². The Balaban J connectivity index is 1.56. The molecule has 0 fully saturated rings. The molecule has 0 radical (unpaired) electrons. The normalized spacial score (nSPS) is 14.7. The molecule has 3 aromatic rings. The van der Waals surface area contributed by atoms with Crippen LogP contribution in [-0.2, 0) is 23.0 Å². The average Bonchev–Trinajstić information content (AvgIpc) is 2.66. The Morgan fingerprint density at radius 2 is 1.74 bits per heavy atom. The molecule has 0 bridgehead atoms. The first kappa shape index (κ1) is 17.7. The van der Waals surface area contributed by atoms with Gasteiger partial charge in [-0.3, -0.25) is 4.79 Å². The second kappa shape index (κ2) is 6.79. The summed E-state index contributed by atoms with van der Waals surface area (Å²) in [6, 6.07) is 19.2. The van der Waals surface area contributed by atoms with Gasteiger partial charge in [-0.15, -0.1) is 0 Å². The fourth-order valence-electron chi connectivity index (χ4n) is 3.43. The van der Waals surface area contributed by atoms with E-state index in [4.69, 9.17) is 0 Å². The molecule has 0 atom stereocenters.